The molecular weight excluding hydrogens is 253 g/mol. The van der Waals surface area contributed by atoms with Gasteiger partial charge in [0.2, 0.25) is 0 Å². The van der Waals surface area contributed by atoms with Crippen LogP contribution in [0.1, 0.15) is 10.4 Å². The molecule has 0 bridgehead atoms. The van der Waals surface area contributed by atoms with Gasteiger partial charge in [0.25, 0.3) is 0 Å². The lowest BCUT2D eigenvalue weighted by molar-refractivity contribution is -0.568. The zero-order valence-corrected chi connectivity index (χ0v) is 10.2. The minimum Gasteiger partial charge on any atom is -1.00 e. The molecule has 0 saturated heterocycles. The number of allylic oxidation sites excluding steroid dienone is 1. The first-order valence-electron chi connectivity index (χ1n) is 5.19. The number of aromatic nitrogens is 1. The second-order valence-corrected chi connectivity index (χ2v) is 3.51. The second kappa shape index (κ2) is 6.67. The van der Waals surface area contributed by atoms with Gasteiger partial charge in [0.05, 0.1) is 6.08 Å². The molecular formula is C14H11ClFNO. The Morgan fingerprint density at radius 3 is 2.28 bits per heavy atom. The van der Waals surface area contributed by atoms with Crippen LogP contribution >= 0.6 is 0 Å². The average Bonchev–Trinajstić information content (AvgIpc) is 2.38. The minimum atomic E-state index is -0.344. The van der Waals surface area contributed by atoms with Crippen LogP contribution in [0.15, 0.2) is 60.9 Å². The van der Waals surface area contributed by atoms with Crippen LogP contribution in [0.25, 0.3) is 6.20 Å². The van der Waals surface area contributed by atoms with E-state index in [0.29, 0.717) is 5.56 Å². The molecule has 0 aliphatic carbocycles. The van der Waals surface area contributed by atoms with Gasteiger partial charge in [-0.1, -0.05) is 6.07 Å². The van der Waals surface area contributed by atoms with E-state index in [9.17, 15) is 9.18 Å². The second-order valence-electron chi connectivity index (χ2n) is 3.51. The van der Waals surface area contributed by atoms with Crippen molar-refractivity contribution in [1.29, 1.82) is 0 Å². The minimum absolute atomic E-state index is 0. The number of ketones is 1. The van der Waals surface area contributed by atoms with Crippen LogP contribution in [-0.4, -0.2) is 5.78 Å². The molecule has 1 heterocycles. The third kappa shape index (κ3) is 3.79. The first-order chi connectivity index (χ1) is 8.25. The average molecular weight is 264 g/mol. The maximum atomic E-state index is 12.7. The van der Waals surface area contributed by atoms with Crippen molar-refractivity contribution >= 4 is 12.0 Å². The fourth-order valence-corrected chi connectivity index (χ4v) is 1.38. The molecule has 92 valence electrons. The fraction of sp³-hybridized carbons (Fsp3) is 0. The molecule has 2 aromatic rings. The zero-order chi connectivity index (χ0) is 12.1. The first-order valence-corrected chi connectivity index (χ1v) is 5.19. The number of carbonyl (C=O) groups excluding carboxylic acids is 1. The lowest BCUT2D eigenvalue weighted by atomic mass is 10.1. The van der Waals surface area contributed by atoms with Gasteiger partial charge in [-0.2, -0.15) is 4.57 Å². The normalized spacial score (nSPS) is 10.1. The number of carbonyl (C=O) groups is 1. The molecule has 0 spiro atoms. The van der Waals surface area contributed by atoms with Crippen molar-refractivity contribution in [3.05, 3.63) is 72.3 Å². The van der Waals surface area contributed by atoms with Gasteiger partial charge in [-0.15, -0.1) is 0 Å². The van der Waals surface area contributed by atoms with E-state index in [2.05, 4.69) is 0 Å². The van der Waals surface area contributed by atoms with Crippen LogP contribution in [-0.2, 0) is 0 Å². The standard InChI is InChI=1S/C14H11FNO.ClH/c15-13-6-4-12(5-7-13)14(17)8-11-16-9-2-1-3-10-16;/h1-11H;1H/q+1;/p-1/b11-8+;. The predicted octanol–water partition coefficient (Wildman–Crippen LogP) is -0.529. The molecule has 2 nitrogen and oxygen atoms in total. The highest BCUT2D eigenvalue weighted by Gasteiger charge is 2.02. The topological polar surface area (TPSA) is 20.9 Å². The Bertz CT molecular complexity index is 537. The summed E-state index contributed by atoms with van der Waals surface area (Å²) >= 11 is 0. The molecule has 0 N–H and O–H groups in total. The lowest BCUT2D eigenvalue weighted by Gasteiger charge is -1.93. The van der Waals surface area contributed by atoms with E-state index in [4.69, 9.17) is 0 Å². The molecule has 0 aliphatic heterocycles. The van der Waals surface area contributed by atoms with Gasteiger partial charge in [-0.05, 0) is 24.3 Å². The molecule has 18 heavy (non-hydrogen) atoms. The van der Waals surface area contributed by atoms with Crippen LogP contribution in [0.2, 0.25) is 0 Å². The maximum Gasteiger partial charge on any atom is 0.191 e. The van der Waals surface area contributed by atoms with Gasteiger partial charge in [-0.25, -0.2) is 4.39 Å². The number of hydrogen-bond acceptors (Lipinski definition) is 1. The molecule has 0 atom stereocenters. The SMILES string of the molecule is O=C(/C=C/[n+]1ccccc1)c1ccc(F)cc1.[Cl-]. The van der Waals surface area contributed by atoms with Crippen LogP contribution in [0.3, 0.4) is 0 Å². The number of pyridine rings is 1. The van der Waals surface area contributed by atoms with Gasteiger partial charge in [0, 0.05) is 17.7 Å². The van der Waals surface area contributed by atoms with Crippen molar-refractivity contribution in [2.75, 3.05) is 0 Å². The highest BCUT2D eigenvalue weighted by Crippen LogP contribution is 2.04. The monoisotopic (exact) mass is 263 g/mol. The quantitative estimate of drug-likeness (QED) is 0.414. The summed E-state index contributed by atoms with van der Waals surface area (Å²) in [5.74, 6) is -0.496. The number of benzene rings is 1. The van der Waals surface area contributed by atoms with Crippen molar-refractivity contribution in [2.45, 2.75) is 0 Å². The molecule has 0 fully saturated rings. The smallest absolute Gasteiger partial charge is 0.191 e. The Hall–Kier alpha value is -2.00. The van der Waals surface area contributed by atoms with Gasteiger partial charge in [-0.3, -0.25) is 4.79 Å². The highest BCUT2D eigenvalue weighted by molar-refractivity contribution is 6.05. The van der Waals surface area contributed by atoms with Crippen molar-refractivity contribution in [2.24, 2.45) is 0 Å². The number of hydrogen-bond donors (Lipinski definition) is 0. The van der Waals surface area contributed by atoms with Crippen molar-refractivity contribution in [3.63, 3.8) is 0 Å². The molecule has 0 aliphatic rings. The maximum absolute atomic E-state index is 12.7. The summed E-state index contributed by atoms with van der Waals surface area (Å²) in [6.45, 7) is 0. The summed E-state index contributed by atoms with van der Waals surface area (Å²) < 4.78 is 14.4. The van der Waals surface area contributed by atoms with Crippen molar-refractivity contribution in [1.82, 2.24) is 0 Å². The molecule has 1 aromatic carbocycles. The van der Waals surface area contributed by atoms with Gasteiger partial charge in [0.1, 0.15) is 5.82 Å². The number of halogens is 2. The Kier molecular flexibility index (Phi) is 5.21. The summed E-state index contributed by atoms with van der Waals surface area (Å²) in [6, 6.07) is 11.1. The highest BCUT2D eigenvalue weighted by atomic mass is 35.5. The molecule has 4 heteroatoms. The van der Waals surface area contributed by atoms with E-state index >= 15 is 0 Å². The number of nitrogens with zero attached hydrogens (tertiary/aromatic N) is 1. The third-order valence-electron chi connectivity index (χ3n) is 2.27. The lowest BCUT2D eigenvalue weighted by Crippen LogP contribution is -3.00. The van der Waals surface area contributed by atoms with E-state index in [1.165, 1.54) is 30.3 Å². The van der Waals surface area contributed by atoms with Crippen LogP contribution in [0.4, 0.5) is 4.39 Å². The Labute approximate surface area is 111 Å². The summed E-state index contributed by atoms with van der Waals surface area (Å²) in [6.07, 6.45) is 6.77. The van der Waals surface area contributed by atoms with Gasteiger partial charge in [0.15, 0.2) is 24.4 Å². The van der Waals surface area contributed by atoms with Gasteiger partial charge < -0.3 is 12.4 Å². The molecule has 1 aromatic heterocycles. The molecule has 0 radical (unpaired) electrons. The van der Waals surface area contributed by atoms with E-state index in [1.807, 2.05) is 30.6 Å². The number of rotatable bonds is 3. The third-order valence-corrected chi connectivity index (χ3v) is 2.27. The summed E-state index contributed by atoms with van der Waals surface area (Å²) in [7, 11) is 0. The Morgan fingerprint density at radius 1 is 1.06 bits per heavy atom. The summed E-state index contributed by atoms with van der Waals surface area (Å²) in [5, 5.41) is 0. The van der Waals surface area contributed by atoms with Crippen molar-refractivity contribution < 1.29 is 26.2 Å². The van der Waals surface area contributed by atoms with Crippen LogP contribution in [0.5, 0.6) is 0 Å². The van der Waals surface area contributed by atoms with E-state index in [-0.39, 0.29) is 24.0 Å². The fourth-order valence-electron chi connectivity index (χ4n) is 1.38. The zero-order valence-electron chi connectivity index (χ0n) is 9.46. The summed E-state index contributed by atoms with van der Waals surface area (Å²) in [5.41, 5.74) is 0.471. The van der Waals surface area contributed by atoms with E-state index in [0.717, 1.165) is 0 Å². The largest absolute Gasteiger partial charge is 1.00 e. The Morgan fingerprint density at radius 2 is 1.67 bits per heavy atom. The molecule has 2 rings (SSSR count). The molecule has 0 saturated carbocycles. The van der Waals surface area contributed by atoms with E-state index in [1.54, 1.807) is 10.8 Å². The predicted molar refractivity (Wildman–Crippen MR) is 62.7 cm³/mol. The van der Waals surface area contributed by atoms with Crippen LogP contribution in [0, 0.1) is 5.82 Å². The molecule has 0 unspecified atom stereocenters. The van der Waals surface area contributed by atoms with Crippen molar-refractivity contribution in [3.8, 4) is 0 Å². The van der Waals surface area contributed by atoms with Crippen LogP contribution < -0.4 is 17.0 Å². The summed E-state index contributed by atoms with van der Waals surface area (Å²) in [4.78, 5) is 11.7. The molecule has 0 amide bonds. The first kappa shape index (κ1) is 14.1. The Balaban J connectivity index is 0.00000162. The van der Waals surface area contributed by atoms with E-state index < -0.39 is 0 Å². The van der Waals surface area contributed by atoms with Gasteiger partial charge >= 0.3 is 0 Å².